The molecule has 3 aromatic heterocycles. The highest BCUT2D eigenvalue weighted by molar-refractivity contribution is 7.88. The summed E-state index contributed by atoms with van der Waals surface area (Å²) in [7, 11) is 2.90. The van der Waals surface area contributed by atoms with Crippen molar-refractivity contribution in [3.05, 3.63) is 18.6 Å². The van der Waals surface area contributed by atoms with Gasteiger partial charge in [-0.25, -0.2) is 17.7 Å². The lowest BCUT2D eigenvalue weighted by Gasteiger charge is -2.35. The Labute approximate surface area is 182 Å². The Morgan fingerprint density at radius 1 is 1.35 bits per heavy atom. The summed E-state index contributed by atoms with van der Waals surface area (Å²) in [6.07, 6.45) is 6.84. The molecule has 0 amide bonds. The molecule has 31 heavy (non-hydrogen) atoms. The van der Waals surface area contributed by atoms with Crippen molar-refractivity contribution >= 4 is 29.5 Å². The summed E-state index contributed by atoms with van der Waals surface area (Å²) in [5.41, 5.74) is 0.787. The fourth-order valence-corrected chi connectivity index (χ4v) is 4.55. The average molecular weight is 444 g/mol. The minimum Gasteiger partial charge on any atom is -0.481 e. The van der Waals surface area contributed by atoms with Gasteiger partial charge in [0, 0.05) is 30.9 Å². The lowest BCUT2D eigenvalue weighted by atomic mass is 9.86. The molecule has 4 heterocycles. The van der Waals surface area contributed by atoms with E-state index in [9.17, 15) is 8.42 Å². The third-order valence-electron chi connectivity index (χ3n) is 5.12. The first-order chi connectivity index (χ1) is 14.5. The molecule has 2 atom stereocenters. The van der Waals surface area contributed by atoms with Gasteiger partial charge in [-0.3, -0.25) is 5.10 Å². The van der Waals surface area contributed by atoms with Crippen molar-refractivity contribution in [1.29, 1.82) is 0 Å². The number of H-pyrrole nitrogens is 1. The van der Waals surface area contributed by atoms with Gasteiger partial charge in [0.25, 0.3) is 0 Å². The first-order valence-corrected chi connectivity index (χ1v) is 11.8. The summed E-state index contributed by atoms with van der Waals surface area (Å²) < 4.78 is 32.7. The van der Waals surface area contributed by atoms with Gasteiger partial charge >= 0.3 is 0 Å². The number of sulfonamides is 1. The normalized spacial score (nSPS) is 20.8. The van der Waals surface area contributed by atoms with Crippen molar-refractivity contribution < 1.29 is 13.2 Å². The van der Waals surface area contributed by atoms with Crippen LogP contribution in [0.2, 0.25) is 0 Å². The molecule has 0 bridgehead atoms. The number of nitrogens with zero attached hydrogens (tertiary/aromatic N) is 6. The fraction of sp³-hybridized carbons (Fsp3) is 0.556. The zero-order chi connectivity index (χ0) is 22.4. The van der Waals surface area contributed by atoms with E-state index in [0.717, 1.165) is 5.56 Å². The van der Waals surface area contributed by atoms with E-state index in [1.165, 1.54) is 10.6 Å². The van der Waals surface area contributed by atoms with E-state index in [4.69, 9.17) is 12.6 Å². The summed E-state index contributed by atoms with van der Waals surface area (Å²) in [6, 6.07) is 0.0343. The molecular formula is C18H25BN8O3S. The molecule has 1 aliphatic heterocycles. The quantitative estimate of drug-likeness (QED) is 0.536. The van der Waals surface area contributed by atoms with E-state index in [1.807, 2.05) is 6.92 Å². The summed E-state index contributed by atoms with van der Waals surface area (Å²) in [5, 5.41) is 14.7. The van der Waals surface area contributed by atoms with Gasteiger partial charge in [-0.2, -0.15) is 14.6 Å². The van der Waals surface area contributed by atoms with Crippen LogP contribution in [-0.2, 0) is 10.0 Å². The minimum absolute atomic E-state index is 0.0343. The second kappa shape index (κ2) is 7.79. The van der Waals surface area contributed by atoms with Gasteiger partial charge in [0.2, 0.25) is 21.9 Å². The highest BCUT2D eigenvalue weighted by atomic mass is 32.2. The van der Waals surface area contributed by atoms with Gasteiger partial charge in [0.05, 0.1) is 24.1 Å². The van der Waals surface area contributed by atoms with E-state index in [2.05, 4.69) is 30.6 Å². The van der Waals surface area contributed by atoms with Gasteiger partial charge in [-0.1, -0.05) is 6.92 Å². The molecule has 1 aliphatic rings. The van der Waals surface area contributed by atoms with Gasteiger partial charge in [0.15, 0.2) is 5.65 Å². The van der Waals surface area contributed by atoms with Gasteiger partial charge < -0.3 is 10.1 Å². The van der Waals surface area contributed by atoms with Crippen LogP contribution in [0.15, 0.2) is 18.6 Å². The summed E-state index contributed by atoms with van der Waals surface area (Å²) in [4.78, 5) is 9.00. The molecule has 1 fully saturated rings. The topological polar surface area (TPSA) is 130 Å². The van der Waals surface area contributed by atoms with Crippen LogP contribution in [0.25, 0.3) is 16.9 Å². The maximum Gasteiger partial charge on any atom is 0.243 e. The Kier molecular flexibility index (Phi) is 5.42. The number of hydrogen-bond donors (Lipinski definition) is 2. The van der Waals surface area contributed by atoms with Crippen LogP contribution in [0, 0.1) is 5.92 Å². The fourth-order valence-electron chi connectivity index (χ4n) is 3.60. The van der Waals surface area contributed by atoms with Crippen molar-refractivity contribution in [3.8, 4) is 17.1 Å². The highest BCUT2D eigenvalue weighted by Gasteiger charge is 2.31. The molecule has 4 rings (SSSR count). The van der Waals surface area contributed by atoms with Crippen LogP contribution in [0.5, 0.6) is 5.88 Å². The van der Waals surface area contributed by atoms with Crippen molar-refractivity contribution in [1.82, 2.24) is 34.1 Å². The molecule has 0 spiro atoms. The molecule has 11 nitrogen and oxygen atoms in total. The molecule has 3 aromatic rings. The van der Waals surface area contributed by atoms with Crippen LogP contribution in [0.4, 0.5) is 5.95 Å². The lowest BCUT2D eigenvalue weighted by Crippen LogP contribution is -2.47. The van der Waals surface area contributed by atoms with Crippen LogP contribution in [0.3, 0.4) is 0 Å². The van der Waals surface area contributed by atoms with Crippen LogP contribution >= 0.6 is 0 Å². The maximum absolute atomic E-state index is 11.8. The van der Waals surface area contributed by atoms with E-state index < -0.39 is 15.5 Å². The highest BCUT2D eigenvalue weighted by Crippen LogP contribution is 2.30. The average Bonchev–Trinajstić information content (AvgIpc) is 3.31. The molecule has 13 heteroatoms. The third-order valence-corrected chi connectivity index (χ3v) is 6.39. The minimum atomic E-state index is -3.20. The molecule has 0 unspecified atom stereocenters. The second-order valence-electron chi connectivity index (χ2n) is 8.45. The summed E-state index contributed by atoms with van der Waals surface area (Å²) in [5.74, 6) is 0.857. The largest absolute Gasteiger partial charge is 0.481 e. The first kappa shape index (κ1) is 21.6. The number of ether oxygens (including phenoxy) is 1. The second-order valence-corrected chi connectivity index (χ2v) is 10.4. The molecule has 0 aliphatic carbocycles. The number of fused-ring (bicyclic) bond motifs is 1. The number of hydrogen-bond acceptors (Lipinski definition) is 8. The van der Waals surface area contributed by atoms with E-state index in [1.54, 1.807) is 37.0 Å². The van der Waals surface area contributed by atoms with Crippen molar-refractivity contribution in [2.75, 3.05) is 24.7 Å². The predicted octanol–water partition coefficient (Wildman–Crippen LogP) is 0.880. The zero-order valence-corrected chi connectivity index (χ0v) is 18.7. The number of aromatic nitrogens is 6. The van der Waals surface area contributed by atoms with Crippen molar-refractivity contribution in [2.45, 2.75) is 38.7 Å². The summed E-state index contributed by atoms with van der Waals surface area (Å²) >= 11 is 0. The lowest BCUT2D eigenvalue weighted by molar-refractivity contribution is 0.185. The molecule has 2 N–H and O–H groups in total. The first-order valence-electron chi connectivity index (χ1n) is 9.96. The molecule has 0 aromatic carbocycles. The van der Waals surface area contributed by atoms with E-state index >= 15 is 0 Å². The Morgan fingerprint density at radius 3 is 2.74 bits per heavy atom. The molecule has 1 saturated heterocycles. The standard InChI is InChI=1S/C18H25BN8O3S/c1-11-10-26(31(4,28)29)6-5-13(11)23-17-24-14-9-20-15(12-7-21-22-8-12)16(27(14)25-17)30-18(2,3)19/h7-9,11,13H,5-6,10H2,1-4H3,(H,21,22)(H,23,25)/t11-,13+/m1/s1. The number of anilines is 1. The number of piperidine rings is 1. The Hall–Kier alpha value is -2.67. The molecular weight excluding hydrogens is 419 g/mol. The molecule has 2 radical (unpaired) electrons. The van der Waals surface area contributed by atoms with Crippen LogP contribution in [0.1, 0.15) is 27.2 Å². The number of nitrogens with one attached hydrogen (secondary N) is 2. The van der Waals surface area contributed by atoms with E-state index in [-0.39, 0.29) is 12.0 Å². The Bertz CT molecular complexity index is 1170. The van der Waals surface area contributed by atoms with Gasteiger partial charge in [0.1, 0.15) is 13.5 Å². The SMILES string of the molecule is [B]C(C)(C)Oc1c(-c2cn[nH]c2)ncc2nc(N[C@H]3CCN(S(C)(=O)=O)C[C@H]3C)nn12. The maximum atomic E-state index is 11.8. The monoisotopic (exact) mass is 444 g/mol. The number of aromatic amines is 1. The Morgan fingerprint density at radius 2 is 2.13 bits per heavy atom. The molecule has 164 valence electrons. The van der Waals surface area contributed by atoms with E-state index in [0.29, 0.717) is 42.7 Å². The predicted molar refractivity (Wildman–Crippen MR) is 116 cm³/mol. The number of rotatable bonds is 6. The van der Waals surface area contributed by atoms with Gasteiger partial charge in [-0.15, -0.1) is 5.10 Å². The third kappa shape index (κ3) is 4.66. The van der Waals surface area contributed by atoms with Gasteiger partial charge in [-0.05, 0) is 26.2 Å². The van der Waals surface area contributed by atoms with Crippen LogP contribution in [-0.4, -0.2) is 81.2 Å². The zero-order valence-electron chi connectivity index (χ0n) is 17.9. The summed E-state index contributed by atoms with van der Waals surface area (Å²) in [6.45, 7) is 6.38. The van der Waals surface area contributed by atoms with Crippen molar-refractivity contribution in [2.24, 2.45) is 5.92 Å². The van der Waals surface area contributed by atoms with Crippen molar-refractivity contribution in [3.63, 3.8) is 0 Å². The van der Waals surface area contributed by atoms with Crippen LogP contribution < -0.4 is 10.1 Å². The Balaban J connectivity index is 1.64. The molecule has 0 saturated carbocycles. The smallest absolute Gasteiger partial charge is 0.243 e.